The lowest BCUT2D eigenvalue weighted by Crippen LogP contribution is -2.28. The van der Waals surface area contributed by atoms with E-state index < -0.39 is 0 Å². The highest BCUT2D eigenvalue weighted by Crippen LogP contribution is 2.35. The molecule has 0 saturated carbocycles. The number of carbonyl (C=O) groups excluding carboxylic acids is 2. The number of benzene rings is 3. The van der Waals surface area contributed by atoms with Gasteiger partial charge < -0.3 is 14.8 Å². The van der Waals surface area contributed by atoms with Gasteiger partial charge >= 0.3 is 0 Å². The van der Waals surface area contributed by atoms with Crippen LogP contribution in [0, 0.1) is 6.92 Å². The van der Waals surface area contributed by atoms with Crippen LogP contribution < -0.4 is 14.8 Å². The van der Waals surface area contributed by atoms with E-state index in [4.69, 9.17) is 14.6 Å². The molecule has 6 rings (SSSR count). The first-order chi connectivity index (χ1) is 22.9. The Balaban J connectivity index is 1.24. The van der Waals surface area contributed by atoms with Gasteiger partial charge in [-0.05, 0) is 79.4 Å². The summed E-state index contributed by atoms with van der Waals surface area (Å²) in [4.78, 5) is 27.8. The van der Waals surface area contributed by atoms with Gasteiger partial charge in [0.25, 0.3) is 11.8 Å². The van der Waals surface area contributed by atoms with Crippen molar-refractivity contribution in [3.63, 3.8) is 0 Å². The van der Waals surface area contributed by atoms with Crippen LogP contribution in [0.1, 0.15) is 51.6 Å². The van der Waals surface area contributed by atoms with Crippen molar-refractivity contribution in [2.75, 3.05) is 19.5 Å². The molecule has 0 aliphatic carbocycles. The summed E-state index contributed by atoms with van der Waals surface area (Å²) in [6.07, 6.45) is 0.608. The van der Waals surface area contributed by atoms with Crippen molar-refractivity contribution in [1.82, 2.24) is 25.1 Å². The molecule has 0 fully saturated rings. The summed E-state index contributed by atoms with van der Waals surface area (Å²) in [5.41, 5.74) is 4.20. The van der Waals surface area contributed by atoms with Crippen molar-refractivity contribution in [2.24, 2.45) is 5.10 Å². The molecular formula is C35H34N6O4S2. The van der Waals surface area contributed by atoms with Crippen molar-refractivity contribution in [2.45, 2.75) is 38.0 Å². The van der Waals surface area contributed by atoms with E-state index in [2.05, 4.69) is 15.5 Å². The fraction of sp³-hybridized carbons (Fsp3) is 0.229. The number of ether oxygens (including phenoxy) is 2. The Hall–Kier alpha value is -4.94. The molecule has 1 aliphatic heterocycles. The molecule has 0 spiro atoms. The molecule has 3 heterocycles. The second-order valence-corrected chi connectivity index (χ2v) is 12.6. The average molecular weight is 667 g/mol. The van der Waals surface area contributed by atoms with Crippen molar-refractivity contribution in [3.8, 4) is 17.2 Å². The van der Waals surface area contributed by atoms with E-state index in [9.17, 15) is 9.59 Å². The van der Waals surface area contributed by atoms with E-state index >= 15 is 0 Å². The first-order valence-corrected chi connectivity index (χ1v) is 17.0. The molecule has 1 unspecified atom stereocenters. The number of hydrogen-bond acceptors (Lipinski definition) is 9. The quantitative estimate of drug-likeness (QED) is 0.153. The summed E-state index contributed by atoms with van der Waals surface area (Å²) in [5.74, 6) is 1.73. The van der Waals surface area contributed by atoms with Gasteiger partial charge in [-0.3, -0.25) is 14.2 Å². The van der Waals surface area contributed by atoms with E-state index in [1.54, 1.807) is 29.5 Å². The van der Waals surface area contributed by atoms with E-state index in [0.717, 1.165) is 38.9 Å². The van der Waals surface area contributed by atoms with Gasteiger partial charge in [-0.15, -0.1) is 21.5 Å². The van der Waals surface area contributed by atoms with Gasteiger partial charge in [0, 0.05) is 17.7 Å². The number of methoxy groups -OCH3 is 1. The van der Waals surface area contributed by atoms with E-state index in [-0.39, 0.29) is 30.2 Å². The molecule has 2 aromatic heterocycles. The molecule has 1 N–H and O–H groups in total. The third-order valence-corrected chi connectivity index (χ3v) is 9.42. The normalized spacial score (nSPS) is 14.1. The number of aromatic nitrogens is 3. The predicted molar refractivity (Wildman–Crippen MR) is 184 cm³/mol. The van der Waals surface area contributed by atoms with Crippen LogP contribution in [0.4, 0.5) is 0 Å². The van der Waals surface area contributed by atoms with Gasteiger partial charge in [-0.1, -0.05) is 47.7 Å². The minimum absolute atomic E-state index is 0.0820. The average Bonchev–Trinajstić information content (AvgIpc) is 3.87. The molecule has 0 radical (unpaired) electrons. The monoisotopic (exact) mass is 666 g/mol. The standard InChI is InChI=1S/C35H34N6O4S2/c1-4-45-28-16-12-26(13-17-28)40-32(21-36-34(43)25-8-5-7-23(2)19-25)37-38-35(40)47-22-33(42)41-30(24-10-14-27(44-3)15-11-24)20-29(39-41)31-9-6-18-46-31/h5-19,30H,4,20-22H2,1-3H3,(H,36,43). The number of carbonyl (C=O) groups is 2. The molecule has 12 heteroatoms. The Morgan fingerprint density at radius 2 is 1.79 bits per heavy atom. The highest BCUT2D eigenvalue weighted by Gasteiger charge is 2.34. The van der Waals surface area contributed by atoms with Crippen LogP contribution in [-0.2, 0) is 11.3 Å². The fourth-order valence-electron chi connectivity index (χ4n) is 5.28. The molecule has 1 atom stereocenters. The highest BCUT2D eigenvalue weighted by atomic mass is 32.2. The van der Waals surface area contributed by atoms with Crippen LogP contribution in [0.5, 0.6) is 11.5 Å². The number of thiophene rings is 1. The van der Waals surface area contributed by atoms with Crippen molar-refractivity contribution in [1.29, 1.82) is 0 Å². The largest absolute Gasteiger partial charge is 0.497 e. The van der Waals surface area contributed by atoms with Crippen LogP contribution in [0.15, 0.2) is 101 Å². The number of amides is 2. The second-order valence-electron chi connectivity index (χ2n) is 10.8. The fourth-order valence-corrected chi connectivity index (χ4v) is 6.83. The van der Waals surface area contributed by atoms with Crippen LogP contribution in [-0.4, -0.2) is 56.8 Å². The molecule has 240 valence electrons. The predicted octanol–water partition coefficient (Wildman–Crippen LogP) is 6.44. The molecule has 47 heavy (non-hydrogen) atoms. The Labute approximate surface area is 281 Å². The maximum absolute atomic E-state index is 13.9. The molecular weight excluding hydrogens is 633 g/mol. The first kappa shape index (κ1) is 32.0. The lowest BCUT2D eigenvalue weighted by atomic mass is 10.0. The summed E-state index contributed by atoms with van der Waals surface area (Å²) in [7, 11) is 1.63. The number of thioether (sulfide) groups is 1. The molecule has 2 amide bonds. The van der Waals surface area contributed by atoms with Gasteiger partial charge in [0.1, 0.15) is 11.5 Å². The Morgan fingerprint density at radius 1 is 1.00 bits per heavy atom. The zero-order valence-corrected chi connectivity index (χ0v) is 27.9. The maximum Gasteiger partial charge on any atom is 0.253 e. The van der Waals surface area contributed by atoms with E-state index in [1.165, 1.54) is 11.8 Å². The molecule has 0 bridgehead atoms. The van der Waals surface area contributed by atoms with Crippen LogP contribution in [0.2, 0.25) is 0 Å². The third kappa shape index (κ3) is 7.39. The highest BCUT2D eigenvalue weighted by molar-refractivity contribution is 7.99. The number of nitrogens with zero attached hydrogens (tertiary/aromatic N) is 5. The van der Waals surface area contributed by atoms with Gasteiger partial charge in [-0.2, -0.15) is 5.10 Å². The summed E-state index contributed by atoms with van der Waals surface area (Å²) in [6.45, 7) is 4.57. The lowest BCUT2D eigenvalue weighted by molar-refractivity contribution is -0.130. The van der Waals surface area contributed by atoms with Gasteiger partial charge in [-0.25, -0.2) is 5.01 Å². The molecule has 5 aromatic rings. The van der Waals surface area contributed by atoms with Crippen molar-refractivity contribution < 1.29 is 19.1 Å². The minimum atomic E-state index is -0.248. The molecule has 0 saturated heterocycles. The van der Waals surface area contributed by atoms with Crippen molar-refractivity contribution >= 4 is 40.6 Å². The first-order valence-electron chi connectivity index (χ1n) is 15.2. The van der Waals surface area contributed by atoms with E-state index in [1.807, 2.05) is 103 Å². The minimum Gasteiger partial charge on any atom is -0.497 e. The number of hydrogen-bond donors (Lipinski definition) is 1. The van der Waals surface area contributed by atoms with Gasteiger partial charge in [0.15, 0.2) is 11.0 Å². The number of aryl methyl sites for hydroxylation is 1. The van der Waals surface area contributed by atoms with Crippen LogP contribution in [0.3, 0.4) is 0 Å². The third-order valence-electron chi connectivity index (χ3n) is 7.59. The van der Waals surface area contributed by atoms with Crippen LogP contribution in [0.25, 0.3) is 5.69 Å². The summed E-state index contributed by atoms with van der Waals surface area (Å²) < 4.78 is 12.8. The number of hydrazone groups is 1. The zero-order valence-electron chi connectivity index (χ0n) is 26.3. The number of rotatable bonds is 12. The lowest BCUT2D eigenvalue weighted by Gasteiger charge is -2.22. The van der Waals surface area contributed by atoms with Crippen molar-refractivity contribution in [3.05, 3.63) is 118 Å². The smallest absolute Gasteiger partial charge is 0.253 e. The Kier molecular flexibility index (Phi) is 9.98. The van der Waals surface area contributed by atoms with Crippen LogP contribution >= 0.6 is 23.1 Å². The molecule has 3 aromatic carbocycles. The summed E-state index contributed by atoms with van der Waals surface area (Å²) >= 11 is 2.88. The molecule has 1 aliphatic rings. The topological polar surface area (TPSA) is 111 Å². The Morgan fingerprint density at radius 3 is 2.49 bits per heavy atom. The van der Waals surface area contributed by atoms with Gasteiger partial charge in [0.2, 0.25) is 0 Å². The molecule has 10 nitrogen and oxygen atoms in total. The van der Waals surface area contributed by atoms with E-state index in [0.29, 0.717) is 29.6 Å². The SMILES string of the molecule is CCOc1ccc(-n2c(CNC(=O)c3cccc(C)c3)nnc2SCC(=O)N2N=C(c3cccs3)CC2c2ccc(OC)cc2)cc1. The Bertz CT molecular complexity index is 1870. The summed E-state index contributed by atoms with van der Waals surface area (Å²) in [5, 5.41) is 20.7. The van der Waals surface area contributed by atoms with Gasteiger partial charge in [0.05, 0.1) is 42.6 Å². The maximum atomic E-state index is 13.9. The second kappa shape index (κ2) is 14.7. The summed E-state index contributed by atoms with van der Waals surface area (Å²) in [6, 6.07) is 26.5. The number of nitrogens with one attached hydrogen (secondary N) is 1. The zero-order chi connectivity index (χ0) is 32.8.